The molecule has 0 aliphatic rings. The van der Waals surface area contributed by atoms with Crippen LogP contribution in [0.4, 0.5) is 5.82 Å². The first-order chi connectivity index (χ1) is 11.6. The first-order valence-electron chi connectivity index (χ1n) is 7.58. The number of nitrogens with two attached hydrogens (primary N) is 1. The first kappa shape index (κ1) is 17.9. The van der Waals surface area contributed by atoms with Gasteiger partial charge in [0.25, 0.3) is 0 Å². The van der Waals surface area contributed by atoms with E-state index in [9.17, 15) is 5.26 Å². The zero-order valence-electron chi connectivity index (χ0n) is 13.9. The normalized spacial score (nSPS) is 11.6. The van der Waals surface area contributed by atoms with Gasteiger partial charge in [-0.05, 0) is 18.6 Å². The van der Waals surface area contributed by atoms with Crippen LogP contribution >= 0.6 is 11.8 Å². The fourth-order valence-electron chi connectivity index (χ4n) is 1.93. The SMILES string of the molecule is CCC(C)Sc1nc(N)c(C#N)c(COc2ccccc2OC)n1. The molecule has 1 aromatic heterocycles. The molecule has 0 aliphatic carbocycles. The smallest absolute Gasteiger partial charge is 0.190 e. The van der Waals surface area contributed by atoms with Gasteiger partial charge in [-0.2, -0.15) is 5.26 Å². The van der Waals surface area contributed by atoms with E-state index in [-0.39, 0.29) is 18.0 Å². The highest BCUT2D eigenvalue weighted by molar-refractivity contribution is 7.99. The number of nitrogens with zero attached hydrogens (tertiary/aromatic N) is 3. The van der Waals surface area contributed by atoms with Crippen LogP contribution in [0.5, 0.6) is 11.5 Å². The maximum atomic E-state index is 9.32. The molecule has 0 aliphatic heterocycles. The van der Waals surface area contributed by atoms with E-state index in [1.54, 1.807) is 19.2 Å². The van der Waals surface area contributed by atoms with E-state index in [0.29, 0.717) is 27.6 Å². The van der Waals surface area contributed by atoms with Crippen molar-refractivity contribution in [3.05, 3.63) is 35.5 Å². The molecule has 1 aromatic carbocycles. The van der Waals surface area contributed by atoms with Crippen molar-refractivity contribution in [2.45, 2.75) is 37.3 Å². The number of ether oxygens (including phenoxy) is 2. The number of para-hydroxylation sites is 2. The lowest BCUT2D eigenvalue weighted by Gasteiger charge is -2.13. The molecule has 1 atom stereocenters. The fraction of sp³-hybridized carbons (Fsp3) is 0.353. The molecule has 1 unspecified atom stereocenters. The average Bonchev–Trinajstić information content (AvgIpc) is 2.59. The summed E-state index contributed by atoms with van der Waals surface area (Å²) in [4.78, 5) is 8.65. The Balaban J connectivity index is 2.26. The van der Waals surface area contributed by atoms with Crippen molar-refractivity contribution < 1.29 is 9.47 Å². The Morgan fingerprint density at radius 2 is 2.00 bits per heavy atom. The number of thioether (sulfide) groups is 1. The van der Waals surface area contributed by atoms with E-state index in [1.165, 1.54) is 11.8 Å². The molecule has 0 spiro atoms. The van der Waals surface area contributed by atoms with Crippen LogP contribution in [0.1, 0.15) is 31.5 Å². The minimum absolute atomic E-state index is 0.115. The first-order valence-corrected chi connectivity index (χ1v) is 8.45. The molecule has 126 valence electrons. The summed E-state index contributed by atoms with van der Waals surface area (Å²) < 4.78 is 11.0. The second-order valence-corrected chi connectivity index (χ2v) is 6.51. The maximum absolute atomic E-state index is 9.32. The summed E-state index contributed by atoms with van der Waals surface area (Å²) >= 11 is 1.53. The molecule has 0 radical (unpaired) electrons. The highest BCUT2D eigenvalue weighted by Gasteiger charge is 2.15. The number of nitriles is 1. The van der Waals surface area contributed by atoms with E-state index >= 15 is 0 Å². The standard InChI is InChI=1S/C17H20N4O2S/c1-4-11(2)24-17-20-13(12(9-18)16(19)21-17)10-23-15-8-6-5-7-14(15)22-3/h5-8,11H,4,10H2,1-3H3,(H2,19,20,21). The maximum Gasteiger partial charge on any atom is 0.190 e. The van der Waals surface area contributed by atoms with Crippen LogP contribution in [0.2, 0.25) is 0 Å². The van der Waals surface area contributed by atoms with Crippen LogP contribution in [-0.2, 0) is 6.61 Å². The Kier molecular flexibility index (Phi) is 6.27. The van der Waals surface area contributed by atoms with E-state index in [2.05, 4.69) is 29.9 Å². The summed E-state index contributed by atoms with van der Waals surface area (Å²) in [6, 6.07) is 9.36. The number of methoxy groups -OCH3 is 1. The molecule has 0 saturated heterocycles. The lowest BCUT2D eigenvalue weighted by molar-refractivity contribution is 0.279. The number of benzene rings is 1. The van der Waals surface area contributed by atoms with Gasteiger partial charge >= 0.3 is 0 Å². The molecular formula is C17H20N4O2S. The molecule has 2 N–H and O–H groups in total. The Hall–Kier alpha value is -2.46. The zero-order chi connectivity index (χ0) is 17.5. The van der Waals surface area contributed by atoms with Gasteiger partial charge in [-0.15, -0.1) is 0 Å². The Morgan fingerprint density at radius 1 is 1.29 bits per heavy atom. The number of hydrogen-bond acceptors (Lipinski definition) is 7. The summed E-state index contributed by atoms with van der Waals surface area (Å²) in [5, 5.41) is 10.2. The number of rotatable bonds is 7. The van der Waals surface area contributed by atoms with Gasteiger partial charge < -0.3 is 15.2 Å². The van der Waals surface area contributed by atoms with Gasteiger partial charge in [0.05, 0.1) is 7.11 Å². The molecule has 0 saturated carbocycles. The second-order valence-electron chi connectivity index (χ2n) is 5.10. The monoisotopic (exact) mass is 344 g/mol. The Labute approximate surface area is 146 Å². The van der Waals surface area contributed by atoms with E-state index < -0.39 is 0 Å². The van der Waals surface area contributed by atoms with Crippen molar-refractivity contribution in [2.75, 3.05) is 12.8 Å². The Morgan fingerprint density at radius 3 is 2.62 bits per heavy atom. The van der Waals surface area contributed by atoms with Crippen LogP contribution in [-0.4, -0.2) is 22.3 Å². The molecule has 0 amide bonds. The van der Waals surface area contributed by atoms with Gasteiger partial charge in [0.2, 0.25) is 0 Å². The van der Waals surface area contributed by atoms with Crippen LogP contribution in [0, 0.1) is 11.3 Å². The van der Waals surface area contributed by atoms with Gasteiger partial charge in [-0.25, -0.2) is 9.97 Å². The summed E-state index contributed by atoms with van der Waals surface area (Å²) in [6.07, 6.45) is 0.987. The molecule has 2 aromatic rings. The zero-order valence-corrected chi connectivity index (χ0v) is 14.8. The highest BCUT2D eigenvalue weighted by Crippen LogP contribution is 2.28. The molecule has 0 bridgehead atoms. The van der Waals surface area contributed by atoms with Crippen molar-refractivity contribution in [2.24, 2.45) is 0 Å². The number of nitrogen functional groups attached to an aromatic ring is 1. The molecule has 0 fully saturated rings. The summed E-state index contributed by atoms with van der Waals surface area (Å²) in [5.74, 6) is 1.38. The van der Waals surface area contributed by atoms with Gasteiger partial charge in [0.15, 0.2) is 16.7 Å². The Bertz CT molecular complexity index is 746. The molecule has 2 rings (SSSR count). The molecule has 24 heavy (non-hydrogen) atoms. The third-order valence-electron chi connectivity index (χ3n) is 3.42. The summed E-state index contributed by atoms with van der Waals surface area (Å²) in [5.41, 5.74) is 6.63. The van der Waals surface area contributed by atoms with Gasteiger partial charge in [0.1, 0.15) is 29.8 Å². The molecular weight excluding hydrogens is 324 g/mol. The molecule has 6 nitrogen and oxygen atoms in total. The number of anilines is 1. The topological polar surface area (TPSA) is 94.0 Å². The van der Waals surface area contributed by atoms with Crippen molar-refractivity contribution >= 4 is 17.6 Å². The summed E-state index contributed by atoms with van der Waals surface area (Å²) in [7, 11) is 1.58. The fourth-order valence-corrected chi connectivity index (χ4v) is 2.77. The highest BCUT2D eigenvalue weighted by atomic mass is 32.2. The van der Waals surface area contributed by atoms with Gasteiger partial charge in [-0.3, -0.25) is 0 Å². The second kappa shape index (κ2) is 8.41. The predicted molar refractivity (Wildman–Crippen MR) is 94.1 cm³/mol. The lowest BCUT2D eigenvalue weighted by Crippen LogP contribution is -2.09. The minimum Gasteiger partial charge on any atom is -0.493 e. The predicted octanol–water partition coefficient (Wildman–Crippen LogP) is 3.41. The van der Waals surface area contributed by atoms with Crippen LogP contribution in [0.15, 0.2) is 29.4 Å². The largest absolute Gasteiger partial charge is 0.493 e. The van der Waals surface area contributed by atoms with Gasteiger partial charge in [0, 0.05) is 5.25 Å². The number of aromatic nitrogens is 2. The van der Waals surface area contributed by atoms with E-state index in [4.69, 9.17) is 15.2 Å². The number of hydrogen-bond donors (Lipinski definition) is 1. The van der Waals surface area contributed by atoms with Crippen molar-refractivity contribution in [3.8, 4) is 17.6 Å². The average molecular weight is 344 g/mol. The van der Waals surface area contributed by atoms with Crippen molar-refractivity contribution in [1.29, 1.82) is 5.26 Å². The van der Waals surface area contributed by atoms with Crippen molar-refractivity contribution in [1.82, 2.24) is 9.97 Å². The molecule has 1 heterocycles. The van der Waals surface area contributed by atoms with E-state index in [1.807, 2.05) is 12.1 Å². The lowest BCUT2D eigenvalue weighted by atomic mass is 10.2. The van der Waals surface area contributed by atoms with Crippen LogP contribution in [0.3, 0.4) is 0 Å². The quantitative estimate of drug-likeness (QED) is 0.607. The van der Waals surface area contributed by atoms with Crippen molar-refractivity contribution in [3.63, 3.8) is 0 Å². The minimum atomic E-state index is 0.115. The molecule has 7 heteroatoms. The van der Waals surface area contributed by atoms with E-state index in [0.717, 1.165) is 6.42 Å². The van der Waals surface area contributed by atoms with Crippen LogP contribution in [0.25, 0.3) is 0 Å². The third kappa shape index (κ3) is 4.30. The summed E-state index contributed by atoms with van der Waals surface area (Å²) in [6.45, 7) is 4.30. The third-order valence-corrected chi connectivity index (χ3v) is 4.55. The van der Waals surface area contributed by atoms with Gasteiger partial charge in [-0.1, -0.05) is 37.7 Å². The van der Waals surface area contributed by atoms with Crippen LogP contribution < -0.4 is 15.2 Å².